The molecule has 0 radical (unpaired) electrons. The van der Waals surface area contributed by atoms with Gasteiger partial charge in [0.25, 0.3) is 5.91 Å². The zero-order valence-corrected chi connectivity index (χ0v) is 13.7. The van der Waals surface area contributed by atoms with Crippen LogP contribution in [0, 0.1) is 0 Å². The largest absolute Gasteiger partial charge is 0.483 e. The normalized spacial score (nSPS) is 19.1. The van der Waals surface area contributed by atoms with Gasteiger partial charge < -0.3 is 10.1 Å². The molecule has 1 atom stereocenters. The Balaban J connectivity index is 1.67. The zero-order chi connectivity index (χ0) is 17.2. The number of aldehydes is 1. The second-order valence-corrected chi connectivity index (χ2v) is 8.00. The molecule has 0 saturated carbocycles. The molecule has 1 fully saturated rings. The van der Waals surface area contributed by atoms with E-state index in [0.29, 0.717) is 24.0 Å². The van der Waals surface area contributed by atoms with Crippen molar-refractivity contribution in [1.29, 1.82) is 0 Å². The average molecular weight is 347 g/mol. The maximum absolute atomic E-state index is 11.9. The van der Waals surface area contributed by atoms with Gasteiger partial charge in [-0.25, -0.2) is 8.42 Å². The Morgan fingerprint density at radius 3 is 2.75 bits per heavy atom. The summed E-state index contributed by atoms with van der Waals surface area (Å²) in [4.78, 5) is 23.3. The molecule has 1 N–H and O–H groups in total. The summed E-state index contributed by atoms with van der Waals surface area (Å²) >= 11 is 0. The smallest absolute Gasteiger partial charge is 0.258 e. The molecule has 0 spiro atoms. The van der Waals surface area contributed by atoms with Crippen LogP contribution >= 0.6 is 0 Å². The topological polar surface area (TPSA) is 89.5 Å². The number of amides is 1. The number of carbonyl (C=O) groups is 2. The summed E-state index contributed by atoms with van der Waals surface area (Å²) in [5.41, 5.74) is 0.393. The Morgan fingerprint density at radius 1 is 1.25 bits per heavy atom. The van der Waals surface area contributed by atoms with Gasteiger partial charge >= 0.3 is 0 Å². The van der Waals surface area contributed by atoms with E-state index in [0.717, 1.165) is 10.8 Å². The van der Waals surface area contributed by atoms with E-state index in [1.165, 1.54) is 0 Å². The van der Waals surface area contributed by atoms with Crippen LogP contribution < -0.4 is 10.1 Å². The van der Waals surface area contributed by atoms with Gasteiger partial charge in [-0.05, 0) is 23.3 Å². The lowest BCUT2D eigenvalue weighted by molar-refractivity contribution is -0.123. The van der Waals surface area contributed by atoms with Gasteiger partial charge in [-0.15, -0.1) is 0 Å². The van der Waals surface area contributed by atoms with Crippen molar-refractivity contribution in [3.8, 4) is 5.75 Å². The molecular formula is C17H17NO5S. The number of fused-ring (bicyclic) bond motifs is 1. The Morgan fingerprint density at radius 2 is 2.04 bits per heavy atom. The minimum absolute atomic E-state index is 0.0334. The summed E-state index contributed by atoms with van der Waals surface area (Å²) in [6, 6.07) is 10.5. The van der Waals surface area contributed by atoms with Crippen molar-refractivity contribution in [1.82, 2.24) is 5.32 Å². The van der Waals surface area contributed by atoms with Crippen molar-refractivity contribution in [3.63, 3.8) is 0 Å². The summed E-state index contributed by atoms with van der Waals surface area (Å²) in [5, 5.41) is 4.31. The molecule has 0 bridgehead atoms. The number of benzene rings is 2. The van der Waals surface area contributed by atoms with Crippen LogP contribution in [0.5, 0.6) is 5.75 Å². The summed E-state index contributed by atoms with van der Waals surface area (Å²) in [6.07, 6.45) is 1.13. The fourth-order valence-electron chi connectivity index (χ4n) is 2.84. The third-order valence-corrected chi connectivity index (χ3v) is 5.77. The molecule has 6 nitrogen and oxygen atoms in total. The van der Waals surface area contributed by atoms with Gasteiger partial charge in [-0.2, -0.15) is 0 Å². The lowest BCUT2D eigenvalue weighted by Gasteiger charge is -2.13. The molecular weight excluding hydrogens is 330 g/mol. The van der Waals surface area contributed by atoms with Crippen LogP contribution in [-0.2, 0) is 14.6 Å². The minimum atomic E-state index is -3.05. The molecule has 7 heteroatoms. The summed E-state index contributed by atoms with van der Waals surface area (Å²) in [7, 11) is -3.05. The molecule has 1 heterocycles. The number of ether oxygens (including phenoxy) is 1. The highest BCUT2D eigenvalue weighted by atomic mass is 32.2. The number of nitrogens with one attached hydrogen (secondary N) is 1. The highest BCUT2D eigenvalue weighted by Gasteiger charge is 2.28. The van der Waals surface area contributed by atoms with Crippen LogP contribution in [0.4, 0.5) is 0 Å². The average Bonchev–Trinajstić information content (AvgIpc) is 2.90. The van der Waals surface area contributed by atoms with Crippen LogP contribution in [0.25, 0.3) is 10.8 Å². The molecule has 3 rings (SSSR count). The van der Waals surface area contributed by atoms with E-state index in [1.807, 2.05) is 30.3 Å². The molecule has 1 saturated heterocycles. The standard InChI is InChI=1S/C17H17NO5S/c19-9-15-14-4-2-1-3-12(14)5-6-16(15)23-10-17(20)18-13-7-8-24(21,22)11-13/h1-6,9,13H,7-8,10-11H2,(H,18,20)/t13-/m0/s1. The van der Waals surface area contributed by atoms with E-state index in [-0.39, 0.29) is 24.2 Å². The fraction of sp³-hybridized carbons (Fsp3) is 0.294. The first kappa shape index (κ1) is 16.4. The van der Waals surface area contributed by atoms with Crippen LogP contribution in [0.3, 0.4) is 0 Å². The van der Waals surface area contributed by atoms with E-state index < -0.39 is 15.7 Å². The number of hydrogen-bond acceptors (Lipinski definition) is 5. The van der Waals surface area contributed by atoms with E-state index >= 15 is 0 Å². The van der Waals surface area contributed by atoms with E-state index in [2.05, 4.69) is 5.32 Å². The molecule has 2 aromatic rings. The Bertz CT molecular complexity index is 891. The monoisotopic (exact) mass is 347 g/mol. The van der Waals surface area contributed by atoms with Gasteiger partial charge in [0.2, 0.25) is 0 Å². The van der Waals surface area contributed by atoms with Crippen LogP contribution in [0.15, 0.2) is 36.4 Å². The lowest BCUT2D eigenvalue weighted by Crippen LogP contribution is -2.38. The molecule has 0 unspecified atom stereocenters. The van der Waals surface area contributed by atoms with Gasteiger partial charge in [0, 0.05) is 6.04 Å². The van der Waals surface area contributed by atoms with Crippen molar-refractivity contribution < 1.29 is 22.7 Å². The number of carbonyl (C=O) groups excluding carboxylic acids is 2. The molecule has 1 aliphatic heterocycles. The number of sulfone groups is 1. The number of rotatable bonds is 5. The van der Waals surface area contributed by atoms with Crippen molar-refractivity contribution in [2.45, 2.75) is 12.5 Å². The molecule has 2 aromatic carbocycles. The van der Waals surface area contributed by atoms with Crippen LogP contribution in [-0.4, -0.2) is 44.8 Å². The molecule has 0 aliphatic carbocycles. The number of hydrogen-bond donors (Lipinski definition) is 1. The van der Waals surface area contributed by atoms with Gasteiger partial charge in [0.1, 0.15) is 5.75 Å². The lowest BCUT2D eigenvalue weighted by atomic mass is 10.0. The molecule has 24 heavy (non-hydrogen) atoms. The van der Waals surface area contributed by atoms with Crippen LogP contribution in [0.2, 0.25) is 0 Å². The summed E-state index contributed by atoms with van der Waals surface area (Å²) in [6.45, 7) is -0.268. The van der Waals surface area contributed by atoms with Crippen molar-refractivity contribution in [2.75, 3.05) is 18.1 Å². The second-order valence-electron chi connectivity index (χ2n) is 5.77. The van der Waals surface area contributed by atoms with E-state index in [4.69, 9.17) is 4.74 Å². The Kier molecular flexibility index (Phi) is 4.53. The first-order valence-electron chi connectivity index (χ1n) is 7.58. The Hall–Kier alpha value is -2.41. The van der Waals surface area contributed by atoms with Gasteiger partial charge in [-0.1, -0.05) is 30.3 Å². The fourth-order valence-corrected chi connectivity index (χ4v) is 4.52. The van der Waals surface area contributed by atoms with Crippen molar-refractivity contribution in [2.24, 2.45) is 0 Å². The zero-order valence-electron chi connectivity index (χ0n) is 12.9. The molecule has 0 aromatic heterocycles. The molecule has 126 valence electrons. The first-order valence-corrected chi connectivity index (χ1v) is 9.40. The predicted octanol–water partition coefficient (Wildman–Crippen LogP) is 1.33. The second kappa shape index (κ2) is 6.60. The van der Waals surface area contributed by atoms with Crippen LogP contribution in [0.1, 0.15) is 16.8 Å². The molecule has 1 amide bonds. The highest BCUT2D eigenvalue weighted by molar-refractivity contribution is 7.91. The highest BCUT2D eigenvalue weighted by Crippen LogP contribution is 2.26. The molecule has 1 aliphatic rings. The van der Waals surface area contributed by atoms with Gasteiger partial charge in [0.05, 0.1) is 17.1 Å². The summed E-state index contributed by atoms with van der Waals surface area (Å²) in [5.74, 6) is -0.00687. The first-order chi connectivity index (χ1) is 11.5. The van der Waals surface area contributed by atoms with Crippen molar-refractivity contribution in [3.05, 3.63) is 42.0 Å². The minimum Gasteiger partial charge on any atom is -0.483 e. The third-order valence-electron chi connectivity index (χ3n) is 4.00. The maximum Gasteiger partial charge on any atom is 0.258 e. The summed E-state index contributed by atoms with van der Waals surface area (Å²) < 4.78 is 28.2. The van der Waals surface area contributed by atoms with E-state index in [1.54, 1.807) is 6.07 Å². The van der Waals surface area contributed by atoms with Gasteiger partial charge in [0.15, 0.2) is 22.7 Å². The van der Waals surface area contributed by atoms with E-state index in [9.17, 15) is 18.0 Å². The van der Waals surface area contributed by atoms with Crippen molar-refractivity contribution >= 4 is 32.8 Å². The Labute approximate surface area is 139 Å². The SMILES string of the molecule is O=Cc1c(OCC(=O)N[C@H]2CCS(=O)(=O)C2)ccc2ccccc12. The van der Waals surface area contributed by atoms with Gasteiger partial charge in [-0.3, -0.25) is 9.59 Å². The maximum atomic E-state index is 11.9. The predicted molar refractivity (Wildman–Crippen MR) is 90.0 cm³/mol. The quantitative estimate of drug-likeness (QED) is 0.824. The third kappa shape index (κ3) is 3.56.